The van der Waals surface area contributed by atoms with Crippen molar-refractivity contribution in [2.45, 2.75) is 17.1 Å². The van der Waals surface area contributed by atoms with E-state index in [-0.39, 0.29) is 0 Å². The van der Waals surface area contributed by atoms with E-state index in [1.165, 1.54) is 4.90 Å². The zero-order chi connectivity index (χ0) is 17.2. The molecule has 2 N–H and O–H groups in total. The highest BCUT2D eigenvalue weighted by Gasteiger charge is 2.10. The van der Waals surface area contributed by atoms with E-state index in [0.717, 1.165) is 56.4 Å². The molecule has 134 valence electrons. The quantitative estimate of drug-likeness (QED) is 0.407. The minimum atomic E-state index is 0.462. The summed E-state index contributed by atoms with van der Waals surface area (Å²) in [5.74, 6) is 0.867. The smallest absolute Gasteiger partial charge is 0.191 e. The lowest BCUT2D eigenvalue weighted by Crippen LogP contribution is -2.45. The Kier molecular flexibility index (Phi) is 8.94. The number of hydrogen-bond acceptors (Lipinski definition) is 4. The van der Waals surface area contributed by atoms with Crippen LogP contribution in [0.2, 0.25) is 0 Å². The highest BCUT2D eigenvalue weighted by atomic mass is 79.9. The van der Waals surface area contributed by atoms with E-state index in [9.17, 15) is 0 Å². The third kappa shape index (κ3) is 7.42. The van der Waals surface area contributed by atoms with Crippen molar-refractivity contribution in [3.8, 4) is 0 Å². The lowest BCUT2D eigenvalue weighted by molar-refractivity contribution is 0.0389. The van der Waals surface area contributed by atoms with Crippen molar-refractivity contribution in [1.82, 2.24) is 15.5 Å². The molecule has 24 heavy (non-hydrogen) atoms. The summed E-state index contributed by atoms with van der Waals surface area (Å²) < 4.78 is 6.48. The molecular formula is C17H27BrN4OS. The number of rotatable bonds is 7. The van der Waals surface area contributed by atoms with E-state index < -0.39 is 0 Å². The number of aliphatic imine (C=N–C) groups is 1. The SMILES string of the molecule is CN=C(NCCN1CCOCC1)NCC(C)Sc1ccc(Br)cc1. The van der Waals surface area contributed by atoms with Crippen LogP contribution in [0, 0.1) is 0 Å². The molecule has 1 atom stereocenters. The highest BCUT2D eigenvalue weighted by Crippen LogP contribution is 2.24. The second kappa shape index (κ2) is 11.0. The first-order valence-electron chi connectivity index (χ1n) is 8.34. The van der Waals surface area contributed by atoms with Gasteiger partial charge in [-0.1, -0.05) is 22.9 Å². The van der Waals surface area contributed by atoms with Crippen LogP contribution in [-0.2, 0) is 4.74 Å². The lowest BCUT2D eigenvalue weighted by Gasteiger charge is -2.26. The average Bonchev–Trinajstić information content (AvgIpc) is 2.61. The van der Waals surface area contributed by atoms with Crippen molar-refractivity contribution >= 4 is 33.7 Å². The summed E-state index contributed by atoms with van der Waals surface area (Å²) in [6.45, 7) is 8.75. The minimum Gasteiger partial charge on any atom is -0.379 e. The fraction of sp³-hybridized carbons (Fsp3) is 0.588. The predicted molar refractivity (Wildman–Crippen MR) is 106 cm³/mol. The Morgan fingerprint density at radius 1 is 1.29 bits per heavy atom. The van der Waals surface area contributed by atoms with Gasteiger partial charge < -0.3 is 15.4 Å². The molecular weight excluding hydrogens is 388 g/mol. The molecule has 7 heteroatoms. The lowest BCUT2D eigenvalue weighted by atomic mass is 10.4. The molecule has 1 aromatic carbocycles. The number of morpholine rings is 1. The Balaban J connectivity index is 1.63. The third-order valence-corrected chi connectivity index (χ3v) is 5.40. The zero-order valence-electron chi connectivity index (χ0n) is 14.4. The van der Waals surface area contributed by atoms with Crippen LogP contribution in [0.25, 0.3) is 0 Å². The van der Waals surface area contributed by atoms with Gasteiger partial charge in [-0.2, -0.15) is 0 Å². The van der Waals surface area contributed by atoms with Gasteiger partial charge in [-0.05, 0) is 24.3 Å². The van der Waals surface area contributed by atoms with Crippen LogP contribution in [0.1, 0.15) is 6.92 Å². The van der Waals surface area contributed by atoms with E-state index >= 15 is 0 Å². The van der Waals surface area contributed by atoms with Crippen molar-refractivity contribution in [3.63, 3.8) is 0 Å². The van der Waals surface area contributed by atoms with Gasteiger partial charge in [0.25, 0.3) is 0 Å². The van der Waals surface area contributed by atoms with Crippen LogP contribution >= 0.6 is 27.7 Å². The predicted octanol–water partition coefficient (Wildman–Crippen LogP) is 2.43. The largest absolute Gasteiger partial charge is 0.379 e. The number of guanidine groups is 1. The van der Waals surface area contributed by atoms with Crippen molar-refractivity contribution in [3.05, 3.63) is 28.7 Å². The van der Waals surface area contributed by atoms with Gasteiger partial charge in [-0.15, -0.1) is 11.8 Å². The maximum absolute atomic E-state index is 5.37. The average molecular weight is 415 g/mol. The molecule has 1 aliphatic rings. The molecule has 0 spiro atoms. The Labute approximate surface area is 157 Å². The van der Waals surface area contributed by atoms with Gasteiger partial charge in [0, 0.05) is 54.4 Å². The summed E-state index contributed by atoms with van der Waals surface area (Å²) in [5, 5.41) is 7.25. The zero-order valence-corrected chi connectivity index (χ0v) is 16.8. The first-order chi connectivity index (χ1) is 11.7. The fourth-order valence-corrected chi connectivity index (χ4v) is 3.59. The van der Waals surface area contributed by atoms with E-state index in [1.54, 1.807) is 0 Å². The molecule has 2 rings (SSSR count). The van der Waals surface area contributed by atoms with Gasteiger partial charge in [0.05, 0.1) is 13.2 Å². The van der Waals surface area contributed by atoms with Crippen LogP contribution in [0.15, 0.2) is 38.6 Å². The normalized spacial score (nSPS) is 17.5. The van der Waals surface area contributed by atoms with Gasteiger partial charge in [-0.25, -0.2) is 0 Å². The molecule has 0 aliphatic carbocycles. The molecule has 1 aliphatic heterocycles. The second-order valence-electron chi connectivity index (χ2n) is 5.72. The molecule has 1 unspecified atom stereocenters. The van der Waals surface area contributed by atoms with Crippen LogP contribution < -0.4 is 10.6 Å². The number of nitrogens with one attached hydrogen (secondary N) is 2. The molecule has 1 fully saturated rings. The van der Waals surface area contributed by atoms with Crippen molar-refractivity contribution in [2.24, 2.45) is 4.99 Å². The minimum absolute atomic E-state index is 0.462. The van der Waals surface area contributed by atoms with Gasteiger partial charge in [0.2, 0.25) is 0 Å². The highest BCUT2D eigenvalue weighted by molar-refractivity contribution is 9.10. The van der Waals surface area contributed by atoms with Crippen molar-refractivity contribution < 1.29 is 4.74 Å². The Bertz CT molecular complexity index is 506. The maximum Gasteiger partial charge on any atom is 0.191 e. The molecule has 1 heterocycles. The topological polar surface area (TPSA) is 48.9 Å². The summed E-state index contributed by atoms with van der Waals surface area (Å²) in [7, 11) is 1.82. The summed E-state index contributed by atoms with van der Waals surface area (Å²) in [4.78, 5) is 7.99. The van der Waals surface area contributed by atoms with E-state index in [4.69, 9.17) is 4.74 Å². The molecule has 0 radical (unpaired) electrons. The summed E-state index contributed by atoms with van der Waals surface area (Å²) >= 11 is 5.33. The number of ether oxygens (including phenoxy) is 1. The molecule has 1 aromatic rings. The number of hydrogen-bond donors (Lipinski definition) is 2. The summed E-state index contributed by atoms with van der Waals surface area (Å²) in [6, 6.07) is 8.44. The molecule has 1 saturated heterocycles. The third-order valence-electron chi connectivity index (χ3n) is 3.76. The van der Waals surface area contributed by atoms with Crippen LogP contribution in [0.4, 0.5) is 0 Å². The Hall–Kier alpha value is -0.760. The van der Waals surface area contributed by atoms with Gasteiger partial charge in [0.1, 0.15) is 0 Å². The molecule has 5 nitrogen and oxygen atoms in total. The van der Waals surface area contributed by atoms with Crippen molar-refractivity contribution in [2.75, 3.05) is 53.0 Å². The monoisotopic (exact) mass is 414 g/mol. The first kappa shape index (κ1) is 19.6. The van der Waals surface area contributed by atoms with Crippen molar-refractivity contribution in [1.29, 1.82) is 0 Å². The number of nitrogens with zero attached hydrogens (tertiary/aromatic N) is 2. The van der Waals surface area contributed by atoms with E-state index in [2.05, 4.69) is 67.6 Å². The van der Waals surface area contributed by atoms with E-state index in [1.807, 2.05) is 18.8 Å². The van der Waals surface area contributed by atoms with Gasteiger partial charge in [0.15, 0.2) is 5.96 Å². The standard InChI is InChI=1S/C17H27BrN4OS/c1-14(24-16-5-3-15(18)4-6-16)13-21-17(19-2)20-7-8-22-9-11-23-12-10-22/h3-6,14H,7-13H2,1-2H3,(H2,19,20,21). The fourth-order valence-electron chi connectivity index (χ4n) is 2.41. The first-order valence-corrected chi connectivity index (χ1v) is 10.0. The Morgan fingerprint density at radius 2 is 2.00 bits per heavy atom. The Morgan fingerprint density at radius 3 is 2.67 bits per heavy atom. The molecule has 0 bridgehead atoms. The number of halogens is 1. The summed E-state index contributed by atoms with van der Waals surface area (Å²) in [5.41, 5.74) is 0. The maximum atomic E-state index is 5.37. The molecule has 0 aromatic heterocycles. The number of thioether (sulfide) groups is 1. The van der Waals surface area contributed by atoms with Crippen LogP contribution in [-0.4, -0.2) is 69.1 Å². The van der Waals surface area contributed by atoms with Gasteiger partial charge in [-0.3, -0.25) is 9.89 Å². The van der Waals surface area contributed by atoms with Gasteiger partial charge >= 0.3 is 0 Å². The van der Waals surface area contributed by atoms with E-state index in [0.29, 0.717) is 5.25 Å². The van der Waals surface area contributed by atoms with Crippen LogP contribution in [0.5, 0.6) is 0 Å². The van der Waals surface area contributed by atoms with Crippen LogP contribution in [0.3, 0.4) is 0 Å². The molecule has 0 saturated carbocycles. The number of benzene rings is 1. The molecule has 0 amide bonds. The summed E-state index contributed by atoms with van der Waals surface area (Å²) in [6.07, 6.45) is 0. The second-order valence-corrected chi connectivity index (χ2v) is 8.14.